The van der Waals surface area contributed by atoms with Crippen LogP contribution in [0.1, 0.15) is 31.8 Å². The summed E-state index contributed by atoms with van der Waals surface area (Å²) in [5.74, 6) is 6.73. The van der Waals surface area contributed by atoms with Gasteiger partial charge in [-0.05, 0) is 47.2 Å². The molecule has 0 atom stereocenters. The molecule has 37 heavy (non-hydrogen) atoms. The topological polar surface area (TPSA) is 127 Å². The summed E-state index contributed by atoms with van der Waals surface area (Å²) in [5, 5.41) is 2.92. The lowest BCUT2D eigenvalue weighted by molar-refractivity contribution is -0.125. The fourth-order valence-corrected chi connectivity index (χ4v) is 3.94. The summed E-state index contributed by atoms with van der Waals surface area (Å²) in [6.07, 6.45) is 0. The third-order valence-electron chi connectivity index (χ3n) is 5.21. The lowest BCUT2D eigenvalue weighted by Crippen LogP contribution is -2.24. The SMILES string of the molecule is CN(Cc1ccc(N)cc1)C(=O)C#CC(=O)c1cscc1C(=O)C#CC(=O)N(C)Cc1ccc(N)cc1. The molecule has 0 saturated carbocycles. The number of amides is 2. The Bertz CT molecular complexity index is 1340. The number of thiophene rings is 1. The number of hydrogen-bond donors (Lipinski definition) is 2. The first-order valence-electron chi connectivity index (χ1n) is 11.0. The van der Waals surface area contributed by atoms with E-state index >= 15 is 0 Å². The highest BCUT2D eigenvalue weighted by Crippen LogP contribution is 2.16. The molecule has 3 rings (SSSR count). The van der Waals surface area contributed by atoms with Crippen molar-refractivity contribution < 1.29 is 19.2 Å². The van der Waals surface area contributed by atoms with Crippen molar-refractivity contribution in [3.8, 4) is 23.7 Å². The molecular formula is C28H24N4O4S. The summed E-state index contributed by atoms with van der Waals surface area (Å²) >= 11 is 1.12. The second-order valence-corrected chi connectivity index (χ2v) is 8.91. The van der Waals surface area contributed by atoms with Gasteiger partial charge in [0.15, 0.2) is 0 Å². The van der Waals surface area contributed by atoms with Gasteiger partial charge in [-0.15, -0.1) is 0 Å². The van der Waals surface area contributed by atoms with Crippen LogP contribution in [0.2, 0.25) is 0 Å². The molecule has 1 aromatic heterocycles. The van der Waals surface area contributed by atoms with Gasteiger partial charge in [0.05, 0.1) is 11.1 Å². The lowest BCUT2D eigenvalue weighted by atomic mass is 10.1. The van der Waals surface area contributed by atoms with Crippen LogP contribution < -0.4 is 11.5 Å². The molecule has 8 nitrogen and oxygen atoms in total. The fourth-order valence-electron chi connectivity index (χ4n) is 3.13. The molecule has 3 aromatic rings. The molecule has 0 bridgehead atoms. The van der Waals surface area contributed by atoms with Gasteiger partial charge in [0.2, 0.25) is 11.6 Å². The molecule has 9 heteroatoms. The van der Waals surface area contributed by atoms with E-state index in [-0.39, 0.29) is 11.1 Å². The molecule has 0 fully saturated rings. The van der Waals surface area contributed by atoms with E-state index in [2.05, 4.69) is 23.7 Å². The first kappa shape index (κ1) is 26.7. The molecule has 2 amide bonds. The minimum absolute atomic E-state index is 0.0356. The second-order valence-electron chi connectivity index (χ2n) is 8.16. The number of carbonyl (C=O) groups is 4. The van der Waals surface area contributed by atoms with Crippen LogP contribution in [0.3, 0.4) is 0 Å². The zero-order chi connectivity index (χ0) is 26.9. The van der Waals surface area contributed by atoms with E-state index in [0.29, 0.717) is 24.5 Å². The average Bonchev–Trinajstić information content (AvgIpc) is 3.38. The normalized spacial score (nSPS) is 9.78. The van der Waals surface area contributed by atoms with Crippen molar-refractivity contribution in [2.75, 3.05) is 25.6 Å². The summed E-state index contributed by atoms with van der Waals surface area (Å²) in [6, 6.07) is 14.1. The number of nitrogens with zero attached hydrogens (tertiary/aromatic N) is 2. The van der Waals surface area contributed by atoms with Gasteiger partial charge in [0.25, 0.3) is 11.8 Å². The third kappa shape index (κ3) is 7.56. The lowest BCUT2D eigenvalue weighted by Gasteiger charge is -2.13. The van der Waals surface area contributed by atoms with Crippen molar-refractivity contribution in [1.29, 1.82) is 0 Å². The maximum atomic E-state index is 12.6. The Morgan fingerprint density at radius 1 is 0.649 bits per heavy atom. The van der Waals surface area contributed by atoms with Gasteiger partial charge < -0.3 is 21.3 Å². The van der Waals surface area contributed by atoms with Crippen LogP contribution >= 0.6 is 11.3 Å². The van der Waals surface area contributed by atoms with Crippen LogP contribution in [-0.4, -0.2) is 47.3 Å². The van der Waals surface area contributed by atoms with Gasteiger partial charge in [-0.3, -0.25) is 19.2 Å². The van der Waals surface area contributed by atoms with Crippen molar-refractivity contribution >= 4 is 46.1 Å². The number of carbonyl (C=O) groups excluding carboxylic acids is 4. The number of benzene rings is 2. The molecule has 2 aromatic carbocycles. The first-order valence-corrected chi connectivity index (χ1v) is 12.0. The second kappa shape index (κ2) is 12.2. The Morgan fingerprint density at radius 3 is 1.35 bits per heavy atom. The van der Waals surface area contributed by atoms with Crippen LogP contribution in [0, 0.1) is 23.7 Å². The number of Topliss-reactive ketones (excluding diaryl/α,β-unsaturated/α-hetero) is 2. The molecule has 186 valence electrons. The van der Waals surface area contributed by atoms with Gasteiger partial charge in [-0.1, -0.05) is 24.3 Å². The number of nitrogen functional groups attached to an aromatic ring is 2. The van der Waals surface area contributed by atoms with Crippen molar-refractivity contribution in [2.45, 2.75) is 13.1 Å². The van der Waals surface area contributed by atoms with Gasteiger partial charge in [0.1, 0.15) is 0 Å². The Kier molecular flexibility index (Phi) is 8.82. The molecule has 4 N–H and O–H groups in total. The van der Waals surface area contributed by atoms with E-state index < -0.39 is 23.4 Å². The number of nitrogens with two attached hydrogens (primary N) is 2. The largest absolute Gasteiger partial charge is 0.399 e. The molecule has 0 radical (unpaired) electrons. The predicted molar refractivity (Wildman–Crippen MR) is 143 cm³/mol. The number of rotatable bonds is 6. The number of hydrogen-bond acceptors (Lipinski definition) is 7. The summed E-state index contributed by atoms with van der Waals surface area (Å²) in [7, 11) is 3.13. The summed E-state index contributed by atoms with van der Waals surface area (Å²) in [6.45, 7) is 0.584. The van der Waals surface area contributed by atoms with Crippen molar-refractivity contribution in [3.63, 3.8) is 0 Å². The first-order chi connectivity index (χ1) is 17.6. The van der Waals surface area contributed by atoms with E-state index in [1.807, 2.05) is 0 Å². The minimum Gasteiger partial charge on any atom is -0.399 e. The van der Waals surface area contributed by atoms with E-state index in [4.69, 9.17) is 11.5 Å². The Balaban J connectivity index is 1.62. The highest BCUT2D eigenvalue weighted by molar-refractivity contribution is 7.08. The monoisotopic (exact) mass is 512 g/mol. The molecular weight excluding hydrogens is 488 g/mol. The van der Waals surface area contributed by atoms with Gasteiger partial charge in [0, 0.05) is 61.2 Å². The smallest absolute Gasteiger partial charge is 0.298 e. The molecule has 0 aliphatic rings. The van der Waals surface area contributed by atoms with Crippen LogP contribution in [0.4, 0.5) is 11.4 Å². The molecule has 0 spiro atoms. The third-order valence-corrected chi connectivity index (χ3v) is 5.95. The Morgan fingerprint density at radius 2 is 1.00 bits per heavy atom. The summed E-state index contributed by atoms with van der Waals surface area (Å²) in [5.41, 5.74) is 14.3. The molecule has 0 unspecified atom stereocenters. The number of anilines is 2. The highest BCUT2D eigenvalue weighted by Gasteiger charge is 2.17. The predicted octanol–water partition coefficient (Wildman–Crippen LogP) is 2.60. The quantitative estimate of drug-likeness (QED) is 0.226. The van der Waals surface area contributed by atoms with Crippen molar-refractivity contribution in [1.82, 2.24) is 9.80 Å². The van der Waals surface area contributed by atoms with Crippen molar-refractivity contribution in [2.24, 2.45) is 0 Å². The average molecular weight is 513 g/mol. The van der Waals surface area contributed by atoms with Crippen LogP contribution in [0.15, 0.2) is 59.3 Å². The van der Waals surface area contributed by atoms with Crippen LogP contribution in [0.25, 0.3) is 0 Å². The molecule has 1 heterocycles. The highest BCUT2D eigenvalue weighted by atomic mass is 32.1. The molecule has 0 aliphatic carbocycles. The van der Waals surface area contributed by atoms with Crippen LogP contribution in [-0.2, 0) is 22.7 Å². The van der Waals surface area contributed by atoms with Gasteiger partial charge >= 0.3 is 0 Å². The zero-order valence-electron chi connectivity index (χ0n) is 20.3. The summed E-state index contributed by atoms with van der Waals surface area (Å²) in [4.78, 5) is 52.6. The van der Waals surface area contributed by atoms with Gasteiger partial charge in [-0.2, -0.15) is 11.3 Å². The standard InChI is InChI=1S/C28H24N4O4S/c1-31(15-19-3-7-21(29)8-4-19)27(35)13-11-25(33)23-17-37-18-24(23)26(34)12-14-28(36)32(2)16-20-5-9-22(30)10-6-20/h3-10,17-18H,15-16,29-30H2,1-2H3. The Labute approximate surface area is 218 Å². The zero-order valence-corrected chi connectivity index (χ0v) is 21.1. The number of ketones is 2. The van der Waals surface area contributed by atoms with E-state index in [1.165, 1.54) is 20.6 Å². The fraction of sp³-hybridized carbons (Fsp3) is 0.143. The maximum Gasteiger partial charge on any atom is 0.298 e. The maximum absolute atomic E-state index is 12.6. The van der Waals surface area contributed by atoms with E-state index in [9.17, 15) is 19.2 Å². The van der Waals surface area contributed by atoms with Crippen LogP contribution in [0.5, 0.6) is 0 Å². The van der Waals surface area contributed by atoms with E-state index in [1.54, 1.807) is 62.6 Å². The summed E-state index contributed by atoms with van der Waals surface area (Å²) < 4.78 is 0. The minimum atomic E-state index is -0.688. The van der Waals surface area contributed by atoms with Crippen molar-refractivity contribution in [3.05, 3.63) is 81.5 Å². The van der Waals surface area contributed by atoms with E-state index in [0.717, 1.165) is 22.5 Å². The van der Waals surface area contributed by atoms with Gasteiger partial charge in [-0.25, -0.2) is 0 Å². The molecule has 0 saturated heterocycles. The molecule has 0 aliphatic heterocycles. The Hall–Kier alpha value is -4.86.